The molecule has 0 saturated carbocycles. The Morgan fingerprint density at radius 3 is 2.63 bits per heavy atom. The average Bonchev–Trinajstić information content (AvgIpc) is 2.40. The molecule has 98 valence electrons. The molecule has 0 bridgehead atoms. The van der Waals surface area contributed by atoms with Crippen molar-refractivity contribution in [3.8, 4) is 5.75 Å². The minimum Gasteiger partial charge on any atom is -0.485 e. The molecule has 19 heavy (non-hydrogen) atoms. The average molecular weight is 294 g/mol. The fourth-order valence-electron chi connectivity index (χ4n) is 2.40. The Kier molecular flexibility index (Phi) is 3.40. The van der Waals surface area contributed by atoms with Crippen molar-refractivity contribution < 1.29 is 4.74 Å². The van der Waals surface area contributed by atoms with Crippen LogP contribution in [0, 0.1) is 0 Å². The first-order valence-electron chi connectivity index (χ1n) is 6.11. The maximum absolute atomic E-state index is 6.22. The summed E-state index contributed by atoms with van der Waals surface area (Å²) >= 11 is 12.2. The second-order valence-electron chi connectivity index (χ2n) is 4.65. The van der Waals surface area contributed by atoms with Crippen LogP contribution in [0.3, 0.4) is 0 Å². The molecule has 0 radical (unpaired) electrons. The van der Waals surface area contributed by atoms with Crippen molar-refractivity contribution in [1.29, 1.82) is 0 Å². The van der Waals surface area contributed by atoms with Crippen molar-refractivity contribution in [1.82, 2.24) is 0 Å². The van der Waals surface area contributed by atoms with Crippen molar-refractivity contribution >= 4 is 23.2 Å². The predicted molar refractivity (Wildman–Crippen MR) is 77.8 cm³/mol. The molecule has 0 saturated heterocycles. The van der Waals surface area contributed by atoms with Crippen molar-refractivity contribution in [3.63, 3.8) is 0 Å². The lowest BCUT2D eigenvalue weighted by atomic mass is 9.93. The van der Waals surface area contributed by atoms with Gasteiger partial charge in [0.2, 0.25) is 0 Å². The lowest BCUT2D eigenvalue weighted by Crippen LogP contribution is -2.24. The monoisotopic (exact) mass is 293 g/mol. The number of nitrogens with two attached hydrogens (primary N) is 1. The predicted octanol–water partition coefficient (Wildman–Crippen LogP) is 4.52. The molecule has 1 aliphatic rings. The highest BCUT2D eigenvalue weighted by atomic mass is 35.5. The van der Waals surface area contributed by atoms with Gasteiger partial charge in [0.05, 0.1) is 0 Å². The van der Waals surface area contributed by atoms with E-state index in [1.54, 1.807) is 0 Å². The molecule has 2 aromatic carbocycles. The molecule has 0 spiro atoms. The third-order valence-corrected chi connectivity index (χ3v) is 3.94. The van der Waals surface area contributed by atoms with Crippen LogP contribution in [-0.4, -0.2) is 0 Å². The Morgan fingerprint density at radius 2 is 1.84 bits per heavy atom. The molecule has 0 fully saturated rings. The second kappa shape index (κ2) is 5.04. The minimum atomic E-state index is -0.114. The van der Waals surface area contributed by atoms with E-state index in [0.29, 0.717) is 16.5 Å². The molecule has 0 aromatic heterocycles. The summed E-state index contributed by atoms with van der Waals surface area (Å²) in [7, 11) is 0. The van der Waals surface area contributed by atoms with Crippen molar-refractivity contribution in [2.24, 2.45) is 5.73 Å². The number of halogens is 2. The molecule has 1 heterocycles. The molecule has 2 aromatic rings. The highest BCUT2D eigenvalue weighted by molar-refractivity contribution is 6.31. The van der Waals surface area contributed by atoms with Crippen LogP contribution >= 0.6 is 23.2 Å². The molecular weight excluding hydrogens is 281 g/mol. The summed E-state index contributed by atoms with van der Waals surface area (Å²) in [6.07, 6.45) is 0.578. The van der Waals surface area contributed by atoms with Crippen molar-refractivity contribution in [3.05, 3.63) is 63.6 Å². The summed E-state index contributed by atoms with van der Waals surface area (Å²) < 4.78 is 6.00. The second-order valence-corrected chi connectivity index (χ2v) is 5.50. The van der Waals surface area contributed by atoms with E-state index in [1.807, 2.05) is 42.5 Å². The summed E-state index contributed by atoms with van der Waals surface area (Å²) in [6.45, 7) is 0. The Hall–Kier alpha value is -1.22. The Labute approximate surface area is 122 Å². The fourth-order valence-corrected chi connectivity index (χ4v) is 2.84. The van der Waals surface area contributed by atoms with Crippen LogP contribution < -0.4 is 10.5 Å². The van der Waals surface area contributed by atoms with Gasteiger partial charge >= 0.3 is 0 Å². The van der Waals surface area contributed by atoms with E-state index in [1.165, 1.54) is 0 Å². The number of fused-ring (bicyclic) bond motifs is 1. The molecule has 1 aliphatic heterocycles. The molecular formula is C15H13Cl2NO. The SMILES string of the molecule is NC1CC(c2ccccc2Cl)Oc2ccc(Cl)cc21. The lowest BCUT2D eigenvalue weighted by molar-refractivity contribution is 0.161. The molecule has 4 heteroatoms. The first-order chi connectivity index (χ1) is 9.15. The van der Waals surface area contributed by atoms with Gasteiger partial charge in [-0.25, -0.2) is 0 Å². The zero-order valence-electron chi connectivity index (χ0n) is 10.1. The summed E-state index contributed by atoms with van der Waals surface area (Å²) in [5.41, 5.74) is 8.14. The normalized spacial score (nSPS) is 21.6. The van der Waals surface area contributed by atoms with Crippen molar-refractivity contribution in [2.45, 2.75) is 18.6 Å². The number of ether oxygens (including phenoxy) is 1. The van der Waals surface area contributed by atoms with Gasteiger partial charge < -0.3 is 10.5 Å². The molecule has 2 atom stereocenters. The van der Waals surface area contributed by atoms with E-state index >= 15 is 0 Å². The van der Waals surface area contributed by atoms with Gasteiger partial charge in [-0.3, -0.25) is 0 Å². The molecule has 2 N–H and O–H groups in total. The van der Waals surface area contributed by atoms with Gasteiger partial charge in [0.25, 0.3) is 0 Å². The van der Waals surface area contributed by atoms with E-state index in [9.17, 15) is 0 Å². The number of rotatable bonds is 1. The van der Waals surface area contributed by atoms with Gasteiger partial charge in [-0.1, -0.05) is 41.4 Å². The molecule has 0 aliphatic carbocycles. The Balaban J connectivity index is 1.97. The number of hydrogen-bond acceptors (Lipinski definition) is 2. The minimum absolute atomic E-state index is 0.0938. The van der Waals surface area contributed by atoms with E-state index in [4.69, 9.17) is 33.7 Å². The lowest BCUT2D eigenvalue weighted by Gasteiger charge is -2.31. The zero-order valence-corrected chi connectivity index (χ0v) is 11.7. The third kappa shape index (κ3) is 2.44. The first-order valence-corrected chi connectivity index (χ1v) is 6.87. The first kappa shape index (κ1) is 12.8. The molecule has 3 rings (SSSR count). The summed E-state index contributed by atoms with van der Waals surface area (Å²) in [5.74, 6) is 0.785. The smallest absolute Gasteiger partial charge is 0.127 e. The fraction of sp³-hybridized carbons (Fsp3) is 0.200. The van der Waals surface area contributed by atoms with Gasteiger partial charge in [-0.05, 0) is 24.3 Å². The van der Waals surface area contributed by atoms with Crippen LogP contribution in [0.25, 0.3) is 0 Å². The van der Waals surface area contributed by atoms with Gasteiger partial charge in [0.1, 0.15) is 11.9 Å². The van der Waals surface area contributed by atoms with Gasteiger partial charge in [-0.2, -0.15) is 0 Å². The van der Waals surface area contributed by atoms with Crippen LogP contribution in [0.2, 0.25) is 10.0 Å². The highest BCUT2D eigenvalue weighted by Crippen LogP contribution is 2.42. The topological polar surface area (TPSA) is 35.2 Å². The largest absolute Gasteiger partial charge is 0.485 e. The summed E-state index contributed by atoms with van der Waals surface area (Å²) in [6, 6.07) is 13.1. The summed E-state index contributed by atoms with van der Waals surface area (Å²) in [5, 5.41) is 1.38. The quantitative estimate of drug-likeness (QED) is 0.839. The van der Waals surface area contributed by atoms with E-state index in [-0.39, 0.29) is 12.1 Å². The number of benzene rings is 2. The van der Waals surface area contributed by atoms with Crippen LogP contribution in [0.1, 0.15) is 29.7 Å². The highest BCUT2D eigenvalue weighted by Gasteiger charge is 2.28. The van der Waals surface area contributed by atoms with Crippen molar-refractivity contribution in [2.75, 3.05) is 0 Å². The molecule has 2 unspecified atom stereocenters. The standard InChI is InChI=1S/C15H13Cl2NO/c16-9-5-6-14-11(7-9)13(18)8-15(19-14)10-3-1-2-4-12(10)17/h1-7,13,15H,8,18H2. The molecule has 0 amide bonds. The number of hydrogen-bond donors (Lipinski definition) is 1. The summed E-state index contributed by atoms with van der Waals surface area (Å²) in [4.78, 5) is 0. The third-order valence-electron chi connectivity index (χ3n) is 3.36. The maximum atomic E-state index is 6.22. The van der Waals surface area contributed by atoms with E-state index in [0.717, 1.165) is 16.9 Å². The van der Waals surface area contributed by atoms with E-state index in [2.05, 4.69) is 0 Å². The van der Waals surface area contributed by atoms with E-state index < -0.39 is 0 Å². The van der Waals surface area contributed by atoms with Crippen LogP contribution in [0.15, 0.2) is 42.5 Å². The Morgan fingerprint density at radius 1 is 1.05 bits per heavy atom. The van der Waals surface area contributed by atoms with Gasteiger partial charge in [0.15, 0.2) is 0 Å². The Bertz CT molecular complexity index is 615. The van der Waals surface area contributed by atoms with Crippen LogP contribution in [0.5, 0.6) is 5.75 Å². The maximum Gasteiger partial charge on any atom is 0.127 e. The van der Waals surface area contributed by atoms with Gasteiger partial charge in [0, 0.05) is 33.6 Å². The van der Waals surface area contributed by atoms with Gasteiger partial charge in [-0.15, -0.1) is 0 Å². The zero-order chi connectivity index (χ0) is 13.4. The molecule has 2 nitrogen and oxygen atoms in total. The van der Waals surface area contributed by atoms with Crippen LogP contribution in [0.4, 0.5) is 0 Å². The van der Waals surface area contributed by atoms with Crippen LogP contribution in [-0.2, 0) is 0 Å².